The van der Waals surface area contributed by atoms with Crippen LogP contribution < -0.4 is 14.8 Å². The summed E-state index contributed by atoms with van der Waals surface area (Å²) >= 11 is 0. The van der Waals surface area contributed by atoms with E-state index >= 15 is 0 Å². The van der Waals surface area contributed by atoms with Crippen LogP contribution in [0.4, 0.5) is 10.5 Å². The van der Waals surface area contributed by atoms with E-state index in [4.69, 9.17) is 9.47 Å². The molecule has 2 aliphatic heterocycles. The second-order valence-corrected chi connectivity index (χ2v) is 7.04. The van der Waals surface area contributed by atoms with Crippen molar-refractivity contribution in [3.05, 3.63) is 35.7 Å². The van der Waals surface area contributed by atoms with Gasteiger partial charge < -0.3 is 19.7 Å². The molecule has 1 aromatic heterocycles. The second-order valence-electron chi connectivity index (χ2n) is 7.04. The summed E-state index contributed by atoms with van der Waals surface area (Å²) in [7, 11) is 0. The van der Waals surface area contributed by atoms with Gasteiger partial charge in [0.1, 0.15) is 0 Å². The summed E-state index contributed by atoms with van der Waals surface area (Å²) in [5, 5.41) is 7.50. The molecule has 0 aliphatic carbocycles. The Morgan fingerprint density at radius 1 is 1.19 bits per heavy atom. The molecule has 1 N–H and O–H groups in total. The molecule has 4 rings (SSSR count). The van der Waals surface area contributed by atoms with Gasteiger partial charge in [0, 0.05) is 37.1 Å². The Hall–Kier alpha value is -2.70. The van der Waals surface area contributed by atoms with Crippen LogP contribution in [0.25, 0.3) is 0 Å². The van der Waals surface area contributed by atoms with Gasteiger partial charge in [-0.15, -0.1) is 0 Å². The third-order valence-electron chi connectivity index (χ3n) is 5.06. The number of carbonyl (C=O) groups is 1. The van der Waals surface area contributed by atoms with E-state index in [0.717, 1.165) is 43.9 Å². The topological polar surface area (TPSA) is 68.6 Å². The highest BCUT2D eigenvalue weighted by molar-refractivity contribution is 5.89. The van der Waals surface area contributed by atoms with E-state index in [0.29, 0.717) is 17.4 Å². The largest absolute Gasteiger partial charge is 0.454 e. The Morgan fingerprint density at radius 2 is 1.96 bits per heavy atom. The number of ether oxygens (including phenoxy) is 2. The summed E-state index contributed by atoms with van der Waals surface area (Å²) in [4.78, 5) is 14.4. The van der Waals surface area contributed by atoms with Crippen LogP contribution in [0.3, 0.4) is 0 Å². The summed E-state index contributed by atoms with van der Waals surface area (Å²) in [6.45, 7) is 6.80. The summed E-state index contributed by atoms with van der Waals surface area (Å²) in [5.41, 5.74) is 2.98. The number of likely N-dealkylation sites (tertiary alicyclic amines) is 1. The molecule has 26 heavy (non-hydrogen) atoms. The van der Waals surface area contributed by atoms with Crippen LogP contribution >= 0.6 is 0 Å². The highest BCUT2D eigenvalue weighted by Gasteiger charge is 2.24. The van der Waals surface area contributed by atoms with Gasteiger partial charge in [-0.25, -0.2) is 4.79 Å². The molecule has 1 fully saturated rings. The molecule has 2 aromatic rings. The number of piperidine rings is 1. The standard InChI is InChI=1S/C19H24N4O3/c1-13-9-14(2)23(21-13)11-15-5-7-22(8-6-15)19(24)20-16-3-4-17-18(10-16)26-12-25-17/h3-4,9-10,15H,5-8,11-12H2,1-2H3,(H,20,24). The summed E-state index contributed by atoms with van der Waals surface area (Å²) in [6.07, 6.45) is 1.99. The van der Waals surface area contributed by atoms with Gasteiger partial charge in [-0.2, -0.15) is 5.10 Å². The normalized spacial score (nSPS) is 16.8. The third kappa shape index (κ3) is 3.47. The Kier molecular flexibility index (Phi) is 4.44. The Balaban J connectivity index is 1.30. The quantitative estimate of drug-likeness (QED) is 0.917. The number of anilines is 1. The van der Waals surface area contributed by atoms with Gasteiger partial charge in [0.15, 0.2) is 11.5 Å². The molecule has 0 atom stereocenters. The minimum absolute atomic E-state index is 0.0616. The predicted octanol–water partition coefficient (Wildman–Crippen LogP) is 3.17. The van der Waals surface area contributed by atoms with Crippen molar-refractivity contribution in [1.82, 2.24) is 14.7 Å². The molecule has 3 heterocycles. The zero-order chi connectivity index (χ0) is 18.1. The molecule has 2 aliphatic rings. The van der Waals surface area contributed by atoms with Crippen molar-refractivity contribution >= 4 is 11.7 Å². The van der Waals surface area contributed by atoms with Crippen molar-refractivity contribution in [3.63, 3.8) is 0 Å². The van der Waals surface area contributed by atoms with E-state index in [-0.39, 0.29) is 12.8 Å². The van der Waals surface area contributed by atoms with Crippen molar-refractivity contribution < 1.29 is 14.3 Å². The van der Waals surface area contributed by atoms with Gasteiger partial charge in [0.2, 0.25) is 6.79 Å². The molecular weight excluding hydrogens is 332 g/mol. The molecule has 0 radical (unpaired) electrons. The number of carbonyl (C=O) groups excluding carboxylic acids is 1. The second kappa shape index (κ2) is 6.90. The minimum atomic E-state index is -0.0616. The van der Waals surface area contributed by atoms with E-state index in [2.05, 4.69) is 28.1 Å². The van der Waals surface area contributed by atoms with E-state index in [9.17, 15) is 4.79 Å². The number of rotatable bonds is 3. The number of hydrogen-bond acceptors (Lipinski definition) is 4. The van der Waals surface area contributed by atoms with Gasteiger partial charge in [0.05, 0.1) is 5.69 Å². The van der Waals surface area contributed by atoms with Gasteiger partial charge in [-0.1, -0.05) is 0 Å². The molecule has 7 nitrogen and oxygen atoms in total. The molecule has 0 spiro atoms. The lowest BCUT2D eigenvalue weighted by atomic mass is 9.97. The van der Waals surface area contributed by atoms with E-state index < -0.39 is 0 Å². The number of aryl methyl sites for hydroxylation is 2. The van der Waals surface area contributed by atoms with Crippen LogP contribution in [0, 0.1) is 19.8 Å². The van der Waals surface area contributed by atoms with Gasteiger partial charge in [-0.05, 0) is 50.8 Å². The molecule has 7 heteroatoms. The molecule has 0 saturated carbocycles. The number of benzene rings is 1. The Bertz CT molecular complexity index is 809. The lowest BCUT2D eigenvalue weighted by Gasteiger charge is -2.32. The fraction of sp³-hybridized carbons (Fsp3) is 0.474. The molecule has 2 amide bonds. The van der Waals surface area contributed by atoms with E-state index in [1.54, 1.807) is 6.07 Å². The minimum Gasteiger partial charge on any atom is -0.454 e. The summed E-state index contributed by atoms with van der Waals surface area (Å²) < 4.78 is 12.7. The van der Waals surface area contributed by atoms with E-state index in [1.165, 1.54) is 5.69 Å². The number of amides is 2. The number of nitrogens with one attached hydrogen (secondary N) is 1. The fourth-order valence-corrected chi connectivity index (χ4v) is 3.60. The van der Waals surface area contributed by atoms with Crippen molar-refractivity contribution in [3.8, 4) is 11.5 Å². The number of aromatic nitrogens is 2. The Labute approximate surface area is 152 Å². The highest BCUT2D eigenvalue weighted by Crippen LogP contribution is 2.34. The average molecular weight is 356 g/mol. The van der Waals surface area contributed by atoms with Crippen LogP contribution in [-0.4, -0.2) is 40.6 Å². The van der Waals surface area contributed by atoms with Crippen LogP contribution in [0.1, 0.15) is 24.2 Å². The third-order valence-corrected chi connectivity index (χ3v) is 5.06. The van der Waals surface area contributed by atoms with Crippen molar-refractivity contribution in [2.75, 3.05) is 25.2 Å². The zero-order valence-electron chi connectivity index (χ0n) is 15.2. The molecule has 1 saturated heterocycles. The summed E-state index contributed by atoms with van der Waals surface area (Å²) in [5.74, 6) is 1.95. The van der Waals surface area contributed by atoms with Crippen LogP contribution in [-0.2, 0) is 6.54 Å². The first-order valence-electron chi connectivity index (χ1n) is 9.05. The van der Waals surface area contributed by atoms with Crippen molar-refractivity contribution in [2.45, 2.75) is 33.2 Å². The monoisotopic (exact) mass is 356 g/mol. The maximum absolute atomic E-state index is 12.5. The smallest absolute Gasteiger partial charge is 0.321 e. The SMILES string of the molecule is Cc1cc(C)n(CC2CCN(C(=O)Nc3ccc4c(c3)OCO4)CC2)n1. The lowest BCUT2D eigenvalue weighted by Crippen LogP contribution is -2.41. The van der Waals surface area contributed by atoms with Crippen LogP contribution in [0.2, 0.25) is 0 Å². The van der Waals surface area contributed by atoms with Crippen molar-refractivity contribution in [2.24, 2.45) is 5.92 Å². The number of fused-ring (bicyclic) bond motifs is 1. The maximum Gasteiger partial charge on any atom is 0.321 e. The number of urea groups is 1. The van der Waals surface area contributed by atoms with Crippen LogP contribution in [0.5, 0.6) is 11.5 Å². The fourth-order valence-electron chi connectivity index (χ4n) is 3.60. The van der Waals surface area contributed by atoms with E-state index in [1.807, 2.05) is 24.0 Å². The molecule has 0 bridgehead atoms. The lowest BCUT2D eigenvalue weighted by molar-refractivity contribution is 0.174. The van der Waals surface area contributed by atoms with Gasteiger partial charge >= 0.3 is 6.03 Å². The first-order valence-corrected chi connectivity index (χ1v) is 9.05. The molecule has 1 aromatic carbocycles. The van der Waals surface area contributed by atoms with Gasteiger partial charge in [0.25, 0.3) is 0 Å². The predicted molar refractivity (Wildman–Crippen MR) is 97.6 cm³/mol. The highest BCUT2D eigenvalue weighted by atomic mass is 16.7. The maximum atomic E-state index is 12.5. The zero-order valence-corrected chi connectivity index (χ0v) is 15.2. The first-order chi connectivity index (χ1) is 12.6. The molecule has 138 valence electrons. The Morgan fingerprint density at radius 3 is 2.69 bits per heavy atom. The van der Waals surface area contributed by atoms with Crippen molar-refractivity contribution in [1.29, 1.82) is 0 Å². The number of nitrogens with zero attached hydrogens (tertiary/aromatic N) is 3. The van der Waals surface area contributed by atoms with Crippen LogP contribution in [0.15, 0.2) is 24.3 Å². The molecular formula is C19H24N4O3. The summed E-state index contributed by atoms with van der Waals surface area (Å²) in [6, 6.07) is 7.50. The average Bonchev–Trinajstić information content (AvgIpc) is 3.21. The molecule has 0 unspecified atom stereocenters. The number of hydrogen-bond donors (Lipinski definition) is 1. The first kappa shape index (κ1) is 16.8. The van der Waals surface area contributed by atoms with Gasteiger partial charge in [-0.3, -0.25) is 4.68 Å².